The number of rotatable bonds is 14. The number of nitrogen functional groups attached to an aromatic ring is 1. The van der Waals surface area contributed by atoms with Gasteiger partial charge in [0.05, 0.1) is 25.6 Å². The summed E-state index contributed by atoms with van der Waals surface area (Å²) in [5.41, 5.74) is 6.89. The van der Waals surface area contributed by atoms with Gasteiger partial charge in [0.2, 0.25) is 0 Å². The lowest BCUT2D eigenvalue weighted by atomic mass is 10.2. The summed E-state index contributed by atoms with van der Waals surface area (Å²) in [7, 11) is -0.131. The Kier molecular flexibility index (Phi) is 10.0. The highest BCUT2D eigenvalue weighted by molar-refractivity contribution is 8.76. The molecule has 2 rings (SSSR count). The zero-order chi connectivity index (χ0) is 20.4. The molecule has 158 valence electrons. The van der Waals surface area contributed by atoms with Crippen molar-refractivity contribution in [2.24, 2.45) is 0 Å². The molecule has 12 heteroatoms. The van der Waals surface area contributed by atoms with Crippen molar-refractivity contribution in [2.45, 2.75) is 45.3 Å². The fourth-order valence-electron chi connectivity index (χ4n) is 2.53. The molecule has 2 aromatic rings. The van der Waals surface area contributed by atoms with Gasteiger partial charge < -0.3 is 24.5 Å². The first kappa shape index (κ1) is 23.4. The Labute approximate surface area is 173 Å². The lowest BCUT2D eigenvalue weighted by Crippen LogP contribution is -2.17. The van der Waals surface area contributed by atoms with Gasteiger partial charge in [0, 0.05) is 5.75 Å². The highest BCUT2D eigenvalue weighted by Crippen LogP contribution is 2.42. The van der Waals surface area contributed by atoms with Gasteiger partial charge in [-0.3, -0.25) is 4.57 Å². The number of nitrogens with two attached hydrogens (primary N) is 1. The number of unbranched alkanes of at least 4 members (excludes halogenated alkanes) is 3. The lowest BCUT2D eigenvalue weighted by Gasteiger charge is -2.17. The molecular formula is C16H28N5O4PS2. The molecule has 9 nitrogen and oxygen atoms in total. The summed E-state index contributed by atoms with van der Waals surface area (Å²) in [5.74, 6) is 1.45. The minimum atomic E-state index is -3.76. The Hall–Kier alpha value is -0.840. The highest BCUT2D eigenvalue weighted by atomic mass is 33.1. The van der Waals surface area contributed by atoms with Crippen LogP contribution in [-0.2, 0) is 20.4 Å². The summed E-state index contributed by atoms with van der Waals surface area (Å²) in [6.45, 7) is 2.49. The maximum absolute atomic E-state index is 12.1. The van der Waals surface area contributed by atoms with Crippen LogP contribution in [0.15, 0.2) is 12.7 Å². The van der Waals surface area contributed by atoms with Crippen LogP contribution in [-0.4, -0.2) is 55.5 Å². The third-order valence-corrected chi connectivity index (χ3v) is 6.90. The normalized spacial score (nSPS) is 15.0. The number of anilines is 1. The molecule has 28 heavy (non-hydrogen) atoms. The second-order valence-corrected chi connectivity index (χ2v) is 10.8. The molecule has 0 aliphatic carbocycles. The Morgan fingerprint density at radius 3 is 2.86 bits per heavy atom. The second-order valence-electron chi connectivity index (χ2n) is 6.31. The number of hydrogen-bond acceptors (Lipinski definition) is 9. The monoisotopic (exact) mass is 449 g/mol. The van der Waals surface area contributed by atoms with Gasteiger partial charge in [0.15, 0.2) is 11.5 Å². The van der Waals surface area contributed by atoms with Crippen LogP contribution in [0.25, 0.3) is 11.2 Å². The van der Waals surface area contributed by atoms with Crippen LogP contribution in [0.2, 0.25) is 0 Å². The zero-order valence-electron chi connectivity index (χ0n) is 16.2. The molecule has 0 saturated heterocycles. The highest BCUT2D eigenvalue weighted by Gasteiger charge is 2.21. The minimum absolute atomic E-state index is 0.267. The summed E-state index contributed by atoms with van der Waals surface area (Å²) in [6, 6.07) is 0. The number of fused-ring (bicyclic) bond motifs is 1. The van der Waals surface area contributed by atoms with Crippen molar-refractivity contribution >= 4 is 46.2 Å². The predicted molar refractivity (Wildman–Crippen MR) is 115 cm³/mol. The summed E-state index contributed by atoms with van der Waals surface area (Å²) in [4.78, 5) is 22.2. The Balaban J connectivity index is 1.67. The van der Waals surface area contributed by atoms with E-state index in [1.54, 1.807) is 21.7 Å². The van der Waals surface area contributed by atoms with Crippen LogP contribution in [0.5, 0.6) is 0 Å². The Morgan fingerprint density at radius 2 is 2.07 bits per heavy atom. The van der Waals surface area contributed by atoms with Gasteiger partial charge in [0.25, 0.3) is 0 Å². The average molecular weight is 450 g/mol. The Bertz CT molecular complexity index is 779. The van der Waals surface area contributed by atoms with E-state index in [1.165, 1.54) is 6.33 Å². The average Bonchev–Trinajstić information content (AvgIpc) is 3.07. The van der Waals surface area contributed by atoms with Crippen molar-refractivity contribution in [2.75, 3.05) is 30.7 Å². The van der Waals surface area contributed by atoms with E-state index >= 15 is 0 Å². The van der Waals surface area contributed by atoms with Gasteiger partial charge in [-0.1, -0.05) is 34.4 Å². The molecule has 0 bridgehead atoms. The van der Waals surface area contributed by atoms with Gasteiger partial charge in [-0.2, -0.15) is 0 Å². The van der Waals surface area contributed by atoms with E-state index in [4.69, 9.17) is 15.0 Å². The van der Waals surface area contributed by atoms with E-state index in [1.807, 2.05) is 17.7 Å². The van der Waals surface area contributed by atoms with Gasteiger partial charge in [-0.25, -0.2) is 15.0 Å². The second kappa shape index (κ2) is 12.0. The molecule has 2 atom stereocenters. The maximum atomic E-state index is 12.1. The predicted octanol–water partition coefficient (Wildman–Crippen LogP) is 3.54. The first-order valence-electron chi connectivity index (χ1n) is 9.08. The molecule has 0 radical (unpaired) electrons. The molecule has 1 unspecified atom stereocenters. The maximum Gasteiger partial charge on any atom is 0.353 e. The molecule has 0 saturated carbocycles. The molecule has 2 aromatic heterocycles. The van der Waals surface area contributed by atoms with Crippen LogP contribution in [0, 0.1) is 0 Å². The summed E-state index contributed by atoms with van der Waals surface area (Å²) in [6.07, 6.45) is 8.39. The van der Waals surface area contributed by atoms with Crippen LogP contribution >= 0.6 is 29.2 Å². The van der Waals surface area contributed by atoms with Crippen LogP contribution in [0.1, 0.15) is 32.6 Å². The van der Waals surface area contributed by atoms with Crippen molar-refractivity contribution in [3.05, 3.63) is 12.7 Å². The lowest BCUT2D eigenvalue weighted by molar-refractivity contribution is 0.0715. The van der Waals surface area contributed by atoms with Crippen molar-refractivity contribution in [3.63, 3.8) is 0 Å². The van der Waals surface area contributed by atoms with Crippen molar-refractivity contribution < 1.29 is 18.7 Å². The SMILES string of the molecule is CSSCCCCCCOP(=O)(O)CO[C@H](C)Cn1cnc2c(N)ncnc21. The van der Waals surface area contributed by atoms with E-state index in [-0.39, 0.29) is 19.1 Å². The fraction of sp³-hybridized carbons (Fsp3) is 0.688. The molecule has 0 aliphatic rings. The molecule has 0 amide bonds. The van der Waals surface area contributed by atoms with Gasteiger partial charge in [-0.05, 0) is 26.0 Å². The number of ether oxygens (including phenoxy) is 1. The van der Waals surface area contributed by atoms with Gasteiger partial charge >= 0.3 is 7.60 Å². The minimum Gasteiger partial charge on any atom is -0.382 e. The third-order valence-electron chi connectivity index (χ3n) is 3.94. The quantitative estimate of drug-likeness (QED) is 0.251. The van der Waals surface area contributed by atoms with Crippen LogP contribution in [0.4, 0.5) is 5.82 Å². The van der Waals surface area contributed by atoms with Gasteiger partial charge in [0.1, 0.15) is 18.2 Å². The van der Waals surface area contributed by atoms with Crippen molar-refractivity contribution in [1.82, 2.24) is 19.5 Å². The largest absolute Gasteiger partial charge is 0.382 e. The van der Waals surface area contributed by atoms with Gasteiger partial charge in [-0.15, -0.1) is 0 Å². The Morgan fingerprint density at radius 1 is 1.29 bits per heavy atom. The summed E-state index contributed by atoms with van der Waals surface area (Å²) >= 11 is 0. The smallest absolute Gasteiger partial charge is 0.353 e. The topological polar surface area (TPSA) is 125 Å². The molecular weight excluding hydrogens is 421 g/mol. The zero-order valence-corrected chi connectivity index (χ0v) is 18.7. The number of nitrogens with zero attached hydrogens (tertiary/aromatic N) is 4. The van der Waals surface area contributed by atoms with Crippen molar-refractivity contribution in [1.29, 1.82) is 0 Å². The number of imidazole rings is 1. The van der Waals surface area contributed by atoms with E-state index < -0.39 is 7.60 Å². The van der Waals surface area contributed by atoms with E-state index in [0.29, 0.717) is 23.5 Å². The first-order chi connectivity index (χ1) is 13.4. The summed E-state index contributed by atoms with van der Waals surface area (Å²) < 4.78 is 24.5. The molecule has 3 N–H and O–H groups in total. The van der Waals surface area contributed by atoms with Crippen LogP contribution in [0.3, 0.4) is 0 Å². The molecule has 0 aliphatic heterocycles. The first-order valence-corrected chi connectivity index (χ1v) is 13.6. The van der Waals surface area contributed by atoms with Crippen molar-refractivity contribution in [3.8, 4) is 0 Å². The van der Waals surface area contributed by atoms with E-state index in [2.05, 4.69) is 21.2 Å². The molecule has 0 aromatic carbocycles. The molecule has 0 fully saturated rings. The number of hydrogen-bond donors (Lipinski definition) is 2. The van der Waals surface area contributed by atoms with Crippen LogP contribution < -0.4 is 5.73 Å². The fourth-order valence-corrected chi connectivity index (χ4v) is 4.80. The molecule has 2 heterocycles. The van der Waals surface area contributed by atoms with E-state index in [9.17, 15) is 9.46 Å². The molecule has 0 spiro atoms. The third kappa shape index (κ3) is 7.88. The van der Waals surface area contributed by atoms with E-state index in [0.717, 1.165) is 31.4 Å². The number of aromatic nitrogens is 4. The summed E-state index contributed by atoms with van der Waals surface area (Å²) in [5, 5.41) is 0. The standard InChI is InChI=1S/C16H28N5O4PS2/c1-13(9-21-11-20-14-15(17)18-10-19-16(14)21)24-12-26(22,23)25-7-5-3-4-6-8-28-27-2/h10-11,13H,3-9,12H2,1-2H3,(H,22,23)(H2,17,18,19)/t13-/m1/s1.